The molecule has 0 aliphatic carbocycles. The molecule has 0 spiro atoms. The Kier molecular flexibility index (Phi) is 7.42. The molecule has 8 heteroatoms. The lowest BCUT2D eigenvalue weighted by Gasteiger charge is -2.31. The molecule has 7 nitrogen and oxygen atoms in total. The summed E-state index contributed by atoms with van der Waals surface area (Å²) in [5, 5.41) is 10.9. The van der Waals surface area contributed by atoms with Crippen molar-refractivity contribution in [2.24, 2.45) is 5.92 Å². The molecule has 1 fully saturated rings. The van der Waals surface area contributed by atoms with Gasteiger partial charge in [0, 0.05) is 25.4 Å². The lowest BCUT2D eigenvalue weighted by atomic mass is 9.87. The average molecular weight is 431 g/mol. The second-order valence-corrected chi connectivity index (χ2v) is 9.45. The number of piperidine rings is 1. The Labute approximate surface area is 181 Å². The quantitative estimate of drug-likeness (QED) is 0.674. The first-order valence-electron chi connectivity index (χ1n) is 10.4. The van der Waals surface area contributed by atoms with Crippen LogP contribution < -0.4 is 10.1 Å². The van der Waals surface area contributed by atoms with Crippen LogP contribution in [0.3, 0.4) is 0 Å². The summed E-state index contributed by atoms with van der Waals surface area (Å²) in [7, 11) is 0. The first-order valence-corrected chi connectivity index (χ1v) is 11.3. The van der Waals surface area contributed by atoms with Gasteiger partial charge in [-0.1, -0.05) is 44.2 Å². The smallest absolute Gasteiger partial charge is 0.229 e. The van der Waals surface area contributed by atoms with E-state index in [0.29, 0.717) is 50.5 Å². The van der Waals surface area contributed by atoms with Crippen LogP contribution >= 0.6 is 11.3 Å². The van der Waals surface area contributed by atoms with Gasteiger partial charge in [0.05, 0.1) is 6.61 Å². The Bertz CT molecular complexity index is 823. The molecule has 30 heavy (non-hydrogen) atoms. The van der Waals surface area contributed by atoms with Crippen LogP contribution in [0.25, 0.3) is 0 Å². The number of anilines is 1. The van der Waals surface area contributed by atoms with E-state index in [1.54, 1.807) is 5.51 Å². The van der Waals surface area contributed by atoms with E-state index in [1.807, 2.05) is 17.0 Å². The standard InChI is InChI=1S/C22H30N4O3S/c1-22(2,3)17-6-8-18(9-7-17)29-14-4-5-19(27)26-12-10-16(11-13-26)20(28)24-21-25-23-15-30-21/h6-9,15-16H,4-5,10-14H2,1-3H3,(H,24,25,28). The topological polar surface area (TPSA) is 84.4 Å². The molecule has 1 aliphatic heterocycles. The molecule has 0 unspecified atom stereocenters. The van der Waals surface area contributed by atoms with Gasteiger partial charge < -0.3 is 15.0 Å². The number of amides is 2. The fourth-order valence-corrected chi connectivity index (χ4v) is 3.90. The SMILES string of the molecule is CC(C)(C)c1ccc(OCCCC(=O)N2CCC(C(=O)Nc3nncs3)CC2)cc1. The van der Waals surface area contributed by atoms with E-state index in [2.05, 4.69) is 48.4 Å². The molecule has 2 aromatic rings. The van der Waals surface area contributed by atoms with Crippen LogP contribution in [-0.4, -0.2) is 46.6 Å². The predicted molar refractivity (Wildman–Crippen MR) is 118 cm³/mol. The minimum atomic E-state index is -0.0858. The van der Waals surface area contributed by atoms with Crippen LogP contribution in [0.4, 0.5) is 5.13 Å². The van der Waals surface area contributed by atoms with Crippen LogP contribution in [0, 0.1) is 5.92 Å². The van der Waals surface area contributed by atoms with E-state index >= 15 is 0 Å². The van der Waals surface area contributed by atoms with Crippen molar-refractivity contribution in [3.05, 3.63) is 35.3 Å². The van der Waals surface area contributed by atoms with E-state index in [9.17, 15) is 9.59 Å². The lowest BCUT2D eigenvalue weighted by molar-refractivity contribution is -0.134. The molecule has 0 radical (unpaired) electrons. The van der Waals surface area contributed by atoms with Crippen molar-refractivity contribution in [3.63, 3.8) is 0 Å². The lowest BCUT2D eigenvalue weighted by Crippen LogP contribution is -2.41. The van der Waals surface area contributed by atoms with Crippen molar-refractivity contribution in [2.75, 3.05) is 25.0 Å². The summed E-state index contributed by atoms with van der Waals surface area (Å²) in [4.78, 5) is 26.6. The predicted octanol–water partition coefficient (Wildman–Crippen LogP) is 3.87. The zero-order valence-corrected chi connectivity index (χ0v) is 18.7. The number of carbonyl (C=O) groups is 2. The number of hydrogen-bond acceptors (Lipinski definition) is 6. The highest BCUT2D eigenvalue weighted by molar-refractivity contribution is 7.13. The number of rotatable bonds is 7. The third-order valence-electron chi connectivity index (χ3n) is 5.33. The van der Waals surface area contributed by atoms with Crippen LogP contribution in [0.15, 0.2) is 29.8 Å². The van der Waals surface area contributed by atoms with Crippen molar-refractivity contribution in [1.29, 1.82) is 0 Å². The number of likely N-dealkylation sites (tertiary alicyclic amines) is 1. The molecule has 2 heterocycles. The maximum absolute atomic E-state index is 12.5. The summed E-state index contributed by atoms with van der Waals surface area (Å²) in [6.07, 6.45) is 2.49. The van der Waals surface area contributed by atoms with Gasteiger partial charge in [-0.25, -0.2) is 0 Å². The summed E-state index contributed by atoms with van der Waals surface area (Å²) in [5.41, 5.74) is 2.98. The van der Waals surface area contributed by atoms with Gasteiger partial charge in [-0.15, -0.1) is 10.2 Å². The molecular weight excluding hydrogens is 400 g/mol. The Balaban J connectivity index is 1.33. The van der Waals surface area contributed by atoms with Crippen molar-refractivity contribution < 1.29 is 14.3 Å². The Morgan fingerprint density at radius 1 is 1.20 bits per heavy atom. The number of ether oxygens (including phenoxy) is 1. The first-order chi connectivity index (χ1) is 14.3. The van der Waals surface area contributed by atoms with Crippen LogP contribution in [-0.2, 0) is 15.0 Å². The number of aromatic nitrogens is 2. The summed E-state index contributed by atoms with van der Waals surface area (Å²) in [6, 6.07) is 8.15. The highest BCUT2D eigenvalue weighted by Crippen LogP contribution is 2.24. The highest BCUT2D eigenvalue weighted by atomic mass is 32.1. The second kappa shape index (κ2) is 10.0. The third kappa shape index (κ3) is 6.26. The maximum Gasteiger partial charge on any atom is 0.229 e. The molecular formula is C22H30N4O3S. The Morgan fingerprint density at radius 3 is 2.50 bits per heavy atom. The first kappa shape index (κ1) is 22.2. The van der Waals surface area contributed by atoms with Gasteiger partial charge in [-0.2, -0.15) is 0 Å². The van der Waals surface area contributed by atoms with Crippen molar-refractivity contribution in [3.8, 4) is 5.75 Å². The van der Waals surface area contributed by atoms with Crippen LogP contribution in [0.5, 0.6) is 5.75 Å². The van der Waals surface area contributed by atoms with Crippen molar-refractivity contribution >= 4 is 28.3 Å². The normalized spacial score (nSPS) is 15.1. The fraction of sp³-hybridized carbons (Fsp3) is 0.545. The van der Waals surface area contributed by atoms with Gasteiger partial charge in [0.1, 0.15) is 11.3 Å². The molecule has 1 saturated heterocycles. The molecule has 1 N–H and O–H groups in total. The van der Waals surface area contributed by atoms with Gasteiger partial charge in [0.2, 0.25) is 16.9 Å². The zero-order chi connectivity index (χ0) is 21.6. The third-order valence-corrected chi connectivity index (χ3v) is 5.94. The van der Waals surface area contributed by atoms with E-state index in [-0.39, 0.29) is 23.1 Å². The van der Waals surface area contributed by atoms with Gasteiger partial charge >= 0.3 is 0 Å². The number of nitrogens with one attached hydrogen (secondary N) is 1. The molecule has 0 atom stereocenters. The number of nitrogens with zero attached hydrogens (tertiary/aromatic N) is 3. The Morgan fingerprint density at radius 2 is 1.90 bits per heavy atom. The maximum atomic E-state index is 12.5. The molecule has 0 saturated carbocycles. The second-order valence-electron chi connectivity index (χ2n) is 8.61. The minimum Gasteiger partial charge on any atom is -0.494 e. The summed E-state index contributed by atoms with van der Waals surface area (Å²) in [5.74, 6) is 0.837. The van der Waals surface area contributed by atoms with E-state index in [0.717, 1.165) is 5.75 Å². The van der Waals surface area contributed by atoms with Gasteiger partial charge in [0.15, 0.2) is 0 Å². The number of benzene rings is 1. The summed E-state index contributed by atoms with van der Waals surface area (Å²) >= 11 is 1.30. The minimum absolute atomic E-state index is 0.0373. The number of carbonyl (C=O) groups excluding carboxylic acids is 2. The molecule has 1 aromatic heterocycles. The molecule has 3 rings (SSSR count). The van der Waals surface area contributed by atoms with E-state index in [1.165, 1.54) is 16.9 Å². The molecule has 162 valence electrons. The molecule has 1 aliphatic rings. The fourth-order valence-electron chi connectivity index (χ4n) is 3.45. The molecule has 2 amide bonds. The number of hydrogen-bond donors (Lipinski definition) is 1. The van der Waals surface area contributed by atoms with Crippen molar-refractivity contribution in [1.82, 2.24) is 15.1 Å². The van der Waals surface area contributed by atoms with Crippen LogP contribution in [0.2, 0.25) is 0 Å². The molecule has 1 aromatic carbocycles. The zero-order valence-electron chi connectivity index (χ0n) is 17.9. The largest absolute Gasteiger partial charge is 0.494 e. The van der Waals surface area contributed by atoms with Gasteiger partial charge in [-0.3, -0.25) is 9.59 Å². The monoisotopic (exact) mass is 430 g/mol. The summed E-state index contributed by atoms with van der Waals surface area (Å²) < 4.78 is 5.78. The van der Waals surface area contributed by atoms with Gasteiger partial charge in [0.25, 0.3) is 0 Å². The van der Waals surface area contributed by atoms with E-state index in [4.69, 9.17) is 4.74 Å². The van der Waals surface area contributed by atoms with Crippen LogP contribution in [0.1, 0.15) is 52.0 Å². The van der Waals surface area contributed by atoms with Crippen molar-refractivity contribution in [2.45, 2.75) is 51.9 Å². The molecule has 0 bridgehead atoms. The Hall–Kier alpha value is -2.48. The van der Waals surface area contributed by atoms with Gasteiger partial charge in [-0.05, 0) is 42.4 Å². The van der Waals surface area contributed by atoms with E-state index < -0.39 is 0 Å². The summed E-state index contributed by atoms with van der Waals surface area (Å²) in [6.45, 7) is 8.29. The average Bonchev–Trinajstić information content (AvgIpc) is 3.24. The highest BCUT2D eigenvalue weighted by Gasteiger charge is 2.27.